The first kappa shape index (κ1) is 11.3. The summed E-state index contributed by atoms with van der Waals surface area (Å²) in [4.78, 5) is 31.1. The lowest BCUT2D eigenvalue weighted by molar-refractivity contribution is -0.140. The van der Waals surface area contributed by atoms with Gasteiger partial charge in [0.05, 0.1) is 0 Å². The van der Waals surface area contributed by atoms with Crippen LogP contribution in [0.3, 0.4) is 0 Å². The van der Waals surface area contributed by atoms with E-state index in [2.05, 4.69) is 4.74 Å². The van der Waals surface area contributed by atoms with Gasteiger partial charge in [-0.3, -0.25) is 9.59 Å². The number of carbonyl (C=O) groups excluding carboxylic acids is 2. The normalized spacial score (nSPS) is 11.5. The maximum absolute atomic E-state index is 12.1. The zero-order valence-electron chi connectivity index (χ0n) is 6.77. The Labute approximate surface area is 72.9 Å². The molecule has 0 aromatic carbocycles. The van der Waals surface area contributed by atoms with Crippen LogP contribution < -0.4 is 0 Å². The van der Waals surface area contributed by atoms with Crippen LogP contribution in [0.1, 0.15) is 6.92 Å². The highest BCUT2D eigenvalue weighted by Crippen LogP contribution is 1.97. The lowest BCUT2D eigenvalue weighted by Crippen LogP contribution is -2.35. The number of carbonyl (C=O) groups is 3. The van der Waals surface area contributed by atoms with Gasteiger partial charge in [-0.25, -0.2) is 14.1 Å². The van der Waals surface area contributed by atoms with E-state index in [1.807, 2.05) is 0 Å². The van der Waals surface area contributed by atoms with E-state index in [-0.39, 0.29) is 11.3 Å². The molecular weight excluding hydrogens is 185 g/mol. The fraction of sp³-hybridized carbons (Fsp3) is 0.500. The number of ether oxygens (including phenoxy) is 1. The summed E-state index contributed by atoms with van der Waals surface area (Å²) in [6.07, 6.45) is -3.25. The molecule has 0 aliphatic heterocycles. The molecule has 0 spiro atoms. The molecule has 74 valence electrons. The average Bonchev–Trinajstić information content (AvgIpc) is 1.98. The summed E-state index contributed by atoms with van der Waals surface area (Å²) in [5, 5.41) is 8.20. The number of rotatable bonds is 4. The summed E-state index contributed by atoms with van der Waals surface area (Å²) in [5.41, 5.74) is 0. The SMILES string of the molecule is CC(F)OC(=O)N(C=O)CC(=O)O. The predicted molar refractivity (Wildman–Crippen MR) is 37.5 cm³/mol. The molecule has 0 aliphatic rings. The fourth-order valence-corrected chi connectivity index (χ4v) is 0.497. The zero-order chi connectivity index (χ0) is 10.4. The molecule has 1 N–H and O–H groups in total. The first-order chi connectivity index (χ1) is 5.97. The van der Waals surface area contributed by atoms with Crippen LogP contribution in [0.15, 0.2) is 0 Å². The number of aliphatic carboxylic acids is 1. The van der Waals surface area contributed by atoms with Gasteiger partial charge in [0.15, 0.2) is 0 Å². The fourth-order valence-electron chi connectivity index (χ4n) is 0.497. The van der Waals surface area contributed by atoms with Gasteiger partial charge in [0.2, 0.25) is 12.8 Å². The number of carboxylic acid groups (broad SMARTS) is 1. The minimum Gasteiger partial charge on any atom is -0.480 e. The molecule has 0 heterocycles. The van der Waals surface area contributed by atoms with Crippen LogP contribution in [0.25, 0.3) is 0 Å². The number of nitrogens with zero attached hydrogens (tertiary/aromatic N) is 1. The Balaban J connectivity index is 4.15. The molecule has 0 aromatic rings. The maximum atomic E-state index is 12.1. The second kappa shape index (κ2) is 5.07. The van der Waals surface area contributed by atoms with Gasteiger partial charge in [-0.2, -0.15) is 0 Å². The van der Waals surface area contributed by atoms with Gasteiger partial charge in [0.25, 0.3) is 0 Å². The Bertz CT molecular complexity index is 217. The van der Waals surface area contributed by atoms with Crippen molar-refractivity contribution in [2.75, 3.05) is 6.54 Å². The molecule has 0 rings (SSSR count). The molecule has 0 bridgehead atoms. The smallest absolute Gasteiger partial charge is 0.419 e. The van der Waals surface area contributed by atoms with Crippen molar-refractivity contribution >= 4 is 18.5 Å². The molecule has 0 aromatic heterocycles. The monoisotopic (exact) mass is 193 g/mol. The van der Waals surface area contributed by atoms with Crippen molar-refractivity contribution in [2.45, 2.75) is 13.3 Å². The van der Waals surface area contributed by atoms with Gasteiger partial charge in [-0.15, -0.1) is 0 Å². The number of imide groups is 1. The van der Waals surface area contributed by atoms with E-state index in [9.17, 15) is 18.8 Å². The van der Waals surface area contributed by atoms with Crippen molar-refractivity contribution in [2.24, 2.45) is 0 Å². The van der Waals surface area contributed by atoms with Gasteiger partial charge in [-0.1, -0.05) is 0 Å². The molecule has 13 heavy (non-hydrogen) atoms. The van der Waals surface area contributed by atoms with Crippen molar-refractivity contribution in [3.05, 3.63) is 0 Å². The third kappa shape index (κ3) is 4.72. The quantitative estimate of drug-likeness (QED) is 0.634. The molecule has 6 nitrogen and oxygen atoms in total. The van der Waals surface area contributed by atoms with Crippen molar-refractivity contribution in [3.63, 3.8) is 0 Å². The van der Waals surface area contributed by atoms with E-state index in [0.29, 0.717) is 0 Å². The second-order valence-electron chi connectivity index (χ2n) is 2.05. The average molecular weight is 193 g/mol. The minimum absolute atomic E-state index is 0.0428. The van der Waals surface area contributed by atoms with E-state index >= 15 is 0 Å². The third-order valence-electron chi connectivity index (χ3n) is 0.931. The summed E-state index contributed by atoms with van der Waals surface area (Å²) in [5.74, 6) is -1.39. The lowest BCUT2D eigenvalue weighted by Gasteiger charge is -2.13. The van der Waals surface area contributed by atoms with Gasteiger partial charge in [0, 0.05) is 6.92 Å². The highest BCUT2D eigenvalue weighted by atomic mass is 19.1. The lowest BCUT2D eigenvalue weighted by atomic mass is 10.6. The highest BCUT2D eigenvalue weighted by Gasteiger charge is 2.19. The van der Waals surface area contributed by atoms with Gasteiger partial charge in [-0.05, 0) is 0 Å². The summed E-state index contributed by atoms with van der Waals surface area (Å²) in [6, 6.07) is 0. The summed E-state index contributed by atoms with van der Waals surface area (Å²) < 4.78 is 16.0. The Morgan fingerprint density at radius 1 is 1.69 bits per heavy atom. The van der Waals surface area contributed by atoms with Crippen LogP contribution in [-0.4, -0.2) is 41.4 Å². The number of amides is 2. The molecular formula is C6H8FNO5. The summed E-state index contributed by atoms with van der Waals surface area (Å²) in [7, 11) is 0. The molecule has 1 atom stereocenters. The van der Waals surface area contributed by atoms with E-state index < -0.39 is 25.0 Å². The Kier molecular flexibility index (Phi) is 4.42. The van der Waals surface area contributed by atoms with Crippen LogP contribution >= 0.6 is 0 Å². The number of carboxylic acids is 1. The van der Waals surface area contributed by atoms with Crippen molar-refractivity contribution in [1.29, 1.82) is 0 Å². The molecule has 0 saturated carbocycles. The standard InChI is InChI=1S/C6H8FNO5/c1-4(7)13-6(12)8(3-9)2-5(10)11/h3-4H,2H2,1H3,(H,10,11). The maximum Gasteiger partial charge on any atom is 0.419 e. The van der Waals surface area contributed by atoms with Crippen LogP contribution in [0.5, 0.6) is 0 Å². The molecule has 0 fully saturated rings. The minimum atomic E-state index is -1.89. The number of halogens is 1. The molecule has 2 amide bonds. The topological polar surface area (TPSA) is 83.9 Å². The van der Waals surface area contributed by atoms with Crippen molar-refractivity contribution in [1.82, 2.24) is 4.90 Å². The number of hydrogen-bond acceptors (Lipinski definition) is 4. The molecule has 0 aliphatic carbocycles. The van der Waals surface area contributed by atoms with Gasteiger partial charge in [0.1, 0.15) is 6.54 Å². The Morgan fingerprint density at radius 3 is 2.54 bits per heavy atom. The zero-order valence-corrected chi connectivity index (χ0v) is 6.77. The largest absolute Gasteiger partial charge is 0.480 e. The van der Waals surface area contributed by atoms with Crippen LogP contribution in [0, 0.1) is 0 Å². The Hall–Kier alpha value is -1.66. The Morgan fingerprint density at radius 2 is 2.23 bits per heavy atom. The molecule has 0 saturated heterocycles. The molecule has 7 heteroatoms. The highest BCUT2D eigenvalue weighted by molar-refractivity contribution is 5.85. The first-order valence-corrected chi connectivity index (χ1v) is 3.25. The van der Waals surface area contributed by atoms with E-state index in [1.54, 1.807) is 0 Å². The van der Waals surface area contributed by atoms with Crippen LogP contribution in [-0.2, 0) is 14.3 Å². The van der Waals surface area contributed by atoms with E-state index in [4.69, 9.17) is 5.11 Å². The summed E-state index contributed by atoms with van der Waals surface area (Å²) >= 11 is 0. The summed E-state index contributed by atoms with van der Waals surface area (Å²) in [6.45, 7) is 0.0801. The van der Waals surface area contributed by atoms with Crippen molar-refractivity contribution in [3.8, 4) is 0 Å². The number of hydrogen-bond donors (Lipinski definition) is 1. The van der Waals surface area contributed by atoms with Crippen molar-refractivity contribution < 1.29 is 28.6 Å². The molecule has 0 radical (unpaired) electrons. The third-order valence-corrected chi connectivity index (χ3v) is 0.931. The van der Waals surface area contributed by atoms with E-state index in [1.165, 1.54) is 0 Å². The van der Waals surface area contributed by atoms with Crippen LogP contribution in [0.2, 0.25) is 0 Å². The predicted octanol–water partition coefficient (Wildman–Crippen LogP) is -0.0185. The van der Waals surface area contributed by atoms with Gasteiger partial charge < -0.3 is 9.84 Å². The number of alkyl halides is 1. The molecule has 1 unspecified atom stereocenters. The van der Waals surface area contributed by atoms with Gasteiger partial charge >= 0.3 is 12.1 Å². The second-order valence-corrected chi connectivity index (χ2v) is 2.05. The van der Waals surface area contributed by atoms with E-state index in [0.717, 1.165) is 6.92 Å². The first-order valence-electron chi connectivity index (χ1n) is 3.25. The van der Waals surface area contributed by atoms with Crippen LogP contribution in [0.4, 0.5) is 9.18 Å².